The van der Waals surface area contributed by atoms with Gasteiger partial charge < -0.3 is 15.2 Å². The standard InChI is InChI=1S/C13H23NO3/c1-2-8-17-9-4-7-13(16)14-10-11-5-3-6-12(11)15/h2,11-12,15H,1,3-10H2,(H,14,16). The van der Waals surface area contributed by atoms with Crippen LogP contribution in [0.2, 0.25) is 0 Å². The second-order valence-corrected chi connectivity index (χ2v) is 4.53. The van der Waals surface area contributed by atoms with Crippen LogP contribution in [0.3, 0.4) is 0 Å². The van der Waals surface area contributed by atoms with Gasteiger partial charge in [-0.1, -0.05) is 12.5 Å². The fourth-order valence-electron chi connectivity index (χ4n) is 2.09. The number of hydrogen-bond donors (Lipinski definition) is 2. The zero-order chi connectivity index (χ0) is 12.5. The van der Waals surface area contributed by atoms with Crippen LogP contribution in [-0.4, -0.2) is 36.9 Å². The Labute approximate surface area is 103 Å². The van der Waals surface area contributed by atoms with E-state index in [2.05, 4.69) is 11.9 Å². The van der Waals surface area contributed by atoms with Gasteiger partial charge in [-0.3, -0.25) is 4.79 Å². The normalized spacial score (nSPS) is 23.6. The summed E-state index contributed by atoms with van der Waals surface area (Å²) in [5.41, 5.74) is 0. The minimum atomic E-state index is -0.230. The molecule has 98 valence electrons. The van der Waals surface area contributed by atoms with Crippen molar-refractivity contribution in [2.45, 2.75) is 38.2 Å². The van der Waals surface area contributed by atoms with Gasteiger partial charge in [0, 0.05) is 25.5 Å². The summed E-state index contributed by atoms with van der Waals surface area (Å²) in [7, 11) is 0. The van der Waals surface area contributed by atoms with Crippen molar-refractivity contribution in [3.8, 4) is 0 Å². The fraction of sp³-hybridized carbons (Fsp3) is 0.769. The molecular weight excluding hydrogens is 218 g/mol. The maximum absolute atomic E-state index is 11.5. The number of carbonyl (C=O) groups excluding carboxylic acids is 1. The predicted molar refractivity (Wildman–Crippen MR) is 66.6 cm³/mol. The van der Waals surface area contributed by atoms with Crippen LogP contribution in [0.4, 0.5) is 0 Å². The number of rotatable bonds is 8. The van der Waals surface area contributed by atoms with Crippen molar-refractivity contribution in [2.24, 2.45) is 5.92 Å². The first-order chi connectivity index (χ1) is 8.24. The Bertz CT molecular complexity index is 243. The predicted octanol–water partition coefficient (Wildman–Crippen LogP) is 1.25. The average molecular weight is 241 g/mol. The fourth-order valence-corrected chi connectivity index (χ4v) is 2.09. The van der Waals surface area contributed by atoms with Crippen LogP contribution in [0.1, 0.15) is 32.1 Å². The highest BCUT2D eigenvalue weighted by Crippen LogP contribution is 2.24. The first kappa shape index (κ1) is 14.2. The topological polar surface area (TPSA) is 58.6 Å². The third kappa shape index (κ3) is 5.84. The van der Waals surface area contributed by atoms with E-state index in [0.717, 1.165) is 25.7 Å². The van der Waals surface area contributed by atoms with Crippen LogP contribution in [0.15, 0.2) is 12.7 Å². The number of carbonyl (C=O) groups is 1. The van der Waals surface area contributed by atoms with Crippen molar-refractivity contribution in [1.29, 1.82) is 0 Å². The van der Waals surface area contributed by atoms with E-state index in [-0.39, 0.29) is 17.9 Å². The Balaban J connectivity index is 1.99. The van der Waals surface area contributed by atoms with Crippen LogP contribution < -0.4 is 5.32 Å². The van der Waals surface area contributed by atoms with Crippen LogP contribution in [0.5, 0.6) is 0 Å². The summed E-state index contributed by atoms with van der Waals surface area (Å²) in [4.78, 5) is 11.5. The minimum Gasteiger partial charge on any atom is -0.393 e. The molecule has 2 atom stereocenters. The van der Waals surface area contributed by atoms with Gasteiger partial charge in [-0.25, -0.2) is 0 Å². The second-order valence-electron chi connectivity index (χ2n) is 4.53. The highest BCUT2D eigenvalue weighted by Gasteiger charge is 2.25. The quantitative estimate of drug-likeness (QED) is 0.496. The Morgan fingerprint density at radius 3 is 3.00 bits per heavy atom. The first-order valence-electron chi connectivity index (χ1n) is 6.37. The molecule has 0 aliphatic heterocycles. The molecule has 0 saturated heterocycles. The van der Waals surface area contributed by atoms with Crippen molar-refractivity contribution in [2.75, 3.05) is 19.8 Å². The molecule has 0 aromatic carbocycles. The zero-order valence-corrected chi connectivity index (χ0v) is 10.4. The third-order valence-corrected chi connectivity index (χ3v) is 3.11. The van der Waals surface area contributed by atoms with Crippen LogP contribution >= 0.6 is 0 Å². The molecule has 1 aliphatic carbocycles. The van der Waals surface area contributed by atoms with Crippen molar-refractivity contribution in [3.05, 3.63) is 12.7 Å². The Morgan fingerprint density at radius 2 is 2.35 bits per heavy atom. The average Bonchev–Trinajstić information content (AvgIpc) is 2.72. The molecule has 1 amide bonds. The van der Waals surface area contributed by atoms with E-state index in [9.17, 15) is 9.90 Å². The smallest absolute Gasteiger partial charge is 0.220 e. The summed E-state index contributed by atoms with van der Waals surface area (Å²) >= 11 is 0. The molecule has 0 aromatic rings. The largest absolute Gasteiger partial charge is 0.393 e. The zero-order valence-electron chi connectivity index (χ0n) is 10.4. The lowest BCUT2D eigenvalue weighted by Crippen LogP contribution is -2.32. The van der Waals surface area contributed by atoms with Gasteiger partial charge in [0.2, 0.25) is 5.91 Å². The molecular formula is C13H23NO3. The second kappa shape index (κ2) is 8.25. The molecule has 2 N–H and O–H groups in total. The molecule has 1 saturated carbocycles. The number of hydrogen-bond acceptors (Lipinski definition) is 3. The van der Waals surface area contributed by atoms with Gasteiger partial charge in [0.05, 0.1) is 12.7 Å². The lowest BCUT2D eigenvalue weighted by molar-refractivity contribution is -0.121. The summed E-state index contributed by atoms with van der Waals surface area (Å²) < 4.78 is 5.19. The van der Waals surface area contributed by atoms with Gasteiger partial charge in [-0.2, -0.15) is 0 Å². The molecule has 4 heteroatoms. The van der Waals surface area contributed by atoms with Gasteiger partial charge in [-0.15, -0.1) is 6.58 Å². The summed E-state index contributed by atoms with van der Waals surface area (Å²) in [6.07, 6.45) is 5.64. The molecule has 0 spiro atoms. The van der Waals surface area contributed by atoms with E-state index in [1.54, 1.807) is 6.08 Å². The lowest BCUT2D eigenvalue weighted by atomic mass is 10.1. The van der Waals surface area contributed by atoms with E-state index >= 15 is 0 Å². The summed E-state index contributed by atoms with van der Waals surface area (Å²) in [5, 5.41) is 12.5. The van der Waals surface area contributed by atoms with Crippen molar-refractivity contribution < 1.29 is 14.6 Å². The Hall–Kier alpha value is -0.870. The van der Waals surface area contributed by atoms with Crippen LogP contribution in [0, 0.1) is 5.92 Å². The minimum absolute atomic E-state index is 0.0475. The molecule has 0 aromatic heterocycles. The van der Waals surface area contributed by atoms with Gasteiger partial charge in [0.1, 0.15) is 0 Å². The first-order valence-corrected chi connectivity index (χ1v) is 6.37. The van der Waals surface area contributed by atoms with Gasteiger partial charge in [-0.05, 0) is 19.3 Å². The molecule has 0 bridgehead atoms. The third-order valence-electron chi connectivity index (χ3n) is 3.11. The monoisotopic (exact) mass is 241 g/mol. The van der Waals surface area contributed by atoms with Gasteiger partial charge in [0.15, 0.2) is 0 Å². The molecule has 1 aliphatic rings. The highest BCUT2D eigenvalue weighted by atomic mass is 16.5. The van der Waals surface area contributed by atoms with Crippen LogP contribution in [0.25, 0.3) is 0 Å². The van der Waals surface area contributed by atoms with Crippen LogP contribution in [-0.2, 0) is 9.53 Å². The molecule has 0 radical (unpaired) electrons. The number of aliphatic hydroxyl groups excluding tert-OH is 1. The summed E-state index contributed by atoms with van der Waals surface area (Å²) in [6.45, 7) is 5.28. The molecule has 17 heavy (non-hydrogen) atoms. The maximum atomic E-state index is 11.5. The van der Waals surface area contributed by atoms with E-state index < -0.39 is 0 Å². The lowest BCUT2D eigenvalue weighted by Gasteiger charge is -2.14. The molecule has 2 unspecified atom stereocenters. The summed E-state index contributed by atoms with van der Waals surface area (Å²) in [5.74, 6) is 0.294. The molecule has 4 nitrogen and oxygen atoms in total. The number of amides is 1. The number of ether oxygens (including phenoxy) is 1. The summed E-state index contributed by atoms with van der Waals surface area (Å²) in [6, 6.07) is 0. The number of aliphatic hydroxyl groups is 1. The highest BCUT2D eigenvalue weighted by molar-refractivity contribution is 5.75. The van der Waals surface area contributed by atoms with Gasteiger partial charge in [0.25, 0.3) is 0 Å². The van der Waals surface area contributed by atoms with Crippen molar-refractivity contribution in [1.82, 2.24) is 5.32 Å². The van der Waals surface area contributed by atoms with E-state index in [1.165, 1.54) is 0 Å². The van der Waals surface area contributed by atoms with E-state index in [4.69, 9.17) is 4.74 Å². The molecule has 1 rings (SSSR count). The number of nitrogens with one attached hydrogen (secondary N) is 1. The SMILES string of the molecule is C=CCOCCCC(=O)NCC1CCCC1O. The van der Waals surface area contributed by atoms with Crippen molar-refractivity contribution >= 4 is 5.91 Å². The van der Waals surface area contributed by atoms with Crippen molar-refractivity contribution in [3.63, 3.8) is 0 Å². The Kier molecular flexibility index (Phi) is 6.89. The van der Waals surface area contributed by atoms with E-state index in [1.807, 2.05) is 0 Å². The van der Waals surface area contributed by atoms with Gasteiger partial charge >= 0.3 is 0 Å². The Morgan fingerprint density at radius 1 is 1.53 bits per heavy atom. The maximum Gasteiger partial charge on any atom is 0.220 e. The van der Waals surface area contributed by atoms with E-state index in [0.29, 0.717) is 26.2 Å². The molecule has 0 heterocycles. The molecule has 1 fully saturated rings.